The number of hydrogen-bond acceptors (Lipinski definition) is 3. The van der Waals surface area contributed by atoms with Crippen LogP contribution in [0.5, 0.6) is 0 Å². The molecule has 25 heavy (non-hydrogen) atoms. The maximum atomic E-state index is 12.6. The van der Waals surface area contributed by atoms with Crippen LogP contribution in [0.4, 0.5) is 0 Å². The number of fused-ring (bicyclic) bond motifs is 3. The number of methoxy groups -OCH3 is 1. The maximum absolute atomic E-state index is 12.6. The van der Waals surface area contributed by atoms with Gasteiger partial charge in [-0.15, -0.1) is 0 Å². The molecule has 3 saturated carbocycles. The summed E-state index contributed by atoms with van der Waals surface area (Å²) >= 11 is 0. The normalized spacial score (nSPS) is 48.1. The van der Waals surface area contributed by atoms with E-state index in [0.717, 1.165) is 51.4 Å². The molecule has 0 unspecified atom stereocenters. The molecule has 6 atom stereocenters. The van der Waals surface area contributed by atoms with Crippen LogP contribution in [0.15, 0.2) is 11.6 Å². The Morgan fingerprint density at radius 3 is 2.56 bits per heavy atom. The third-order valence-electron chi connectivity index (χ3n) is 8.58. The first kappa shape index (κ1) is 17.1. The summed E-state index contributed by atoms with van der Waals surface area (Å²) < 4.78 is 5.20. The molecular formula is C21H30O4. The Bertz CT molecular complexity index is 652. The van der Waals surface area contributed by atoms with Crippen molar-refractivity contribution in [1.29, 1.82) is 0 Å². The average molecular weight is 346 g/mol. The van der Waals surface area contributed by atoms with Crippen molar-refractivity contribution >= 4 is 11.9 Å². The van der Waals surface area contributed by atoms with Crippen molar-refractivity contribution in [2.75, 3.05) is 7.11 Å². The minimum absolute atomic E-state index is 0.0518. The fourth-order valence-corrected chi connectivity index (χ4v) is 7.65. The molecule has 4 aliphatic rings. The van der Waals surface area contributed by atoms with E-state index >= 15 is 0 Å². The summed E-state index contributed by atoms with van der Waals surface area (Å²) in [5.74, 6) is 0.301. The molecule has 4 rings (SSSR count). The van der Waals surface area contributed by atoms with E-state index in [2.05, 4.69) is 19.9 Å². The zero-order chi connectivity index (χ0) is 18.0. The summed E-state index contributed by atoms with van der Waals surface area (Å²) in [7, 11) is 1.51. The Morgan fingerprint density at radius 1 is 1.12 bits per heavy atom. The van der Waals surface area contributed by atoms with Gasteiger partial charge in [0.2, 0.25) is 0 Å². The van der Waals surface area contributed by atoms with Gasteiger partial charge in [0.05, 0.1) is 12.5 Å². The Morgan fingerprint density at radius 2 is 1.88 bits per heavy atom. The fraction of sp³-hybridized carbons (Fsp3) is 0.810. The van der Waals surface area contributed by atoms with Crippen LogP contribution >= 0.6 is 0 Å². The molecule has 138 valence electrons. The van der Waals surface area contributed by atoms with E-state index in [1.54, 1.807) is 0 Å². The van der Waals surface area contributed by atoms with Gasteiger partial charge in [0, 0.05) is 5.57 Å². The molecule has 0 aromatic heterocycles. The monoisotopic (exact) mass is 346 g/mol. The van der Waals surface area contributed by atoms with Gasteiger partial charge < -0.3 is 9.84 Å². The number of allylic oxidation sites excluding steroid dienone is 1. The lowest BCUT2D eigenvalue weighted by Gasteiger charge is -2.63. The Balaban J connectivity index is 1.74. The average Bonchev–Trinajstić information content (AvgIpc) is 2.84. The smallest absolute Gasteiger partial charge is 0.331 e. The molecule has 0 amide bonds. The molecule has 0 saturated heterocycles. The van der Waals surface area contributed by atoms with E-state index < -0.39 is 11.4 Å². The topological polar surface area (TPSA) is 63.6 Å². The second-order valence-electron chi connectivity index (χ2n) is 9.53. The molecule has 2 bridgehead atoms. The van der Waals surface area contributed by atoms with Gasteiger partial charge in [-0.05, 0) is 80.5 Å². The van der Waals surface area contributed by atoms with Crippen molar-refractivity contribution < 1.29 is 19.4 Å². The number of carboxylic acid groups (broad SMARTS) is 1. The minimum Gasteiger partial charge on any atom is -0.478 e. The molecule has 4 heteroatoms. The van der Waals surface area contributed by atoms with Crippen molar-refractivity contribution in [1.82, 2.24) is 0 Å². The van der Waals surface area contributed by atoms with Crippen LogP contribution in [0.1, 0.15) is 65.2 Å². The number of ether oxygens (including phenoxy) is 1. The number of aliphatic carboxylic acids is 1. The van der Waals surface area contributed by atoms with Gasteiger partial charge in [-0.3, -0.25) is 4.79 Å². The van der Waals surface area contributed by atoms with E-state index in [1.807, 2.05) is 0 Å². The predicted octanol–water partition coefficient (Wildman–Crippen LogP) is 4.19. The SMILES string of the molecule is COC(=O)[C@]1(C)CCC[C@@]2(C)[C@@H]3CC[C@@H]4C[C@]3(C=C4C(=O)O)CC[C@@H]21. The largest absolute Gasteiger partial charge is 0.478 e. The van der Waals surface area contributed by atoms with Crippen LogP contribution in [0.2, 0.25) is 0 Å². The molecular weight excluding hydrogens is 316 g/mol. The fourth-order valence-electron chi connectivity index (χ4n) is 7.65. The second kappa shape index (κ2) is 5.34. The number of hydrogen-bond donors (Lipinski definition) is 1. The van der Waals surface area contributed by atoms with Gasteiger partial charge in [0.15, 0.2) is 0 Å². The highest BCUT2D eigenvalue weighted by atomic mass is 16.5. The van der Waals surface area contributed by atoms with Gasteiger partial charge >= 0.3 is 11.9 Å². The highest BCUT2D eigenvalue weighted by Gasteiger charge is 2.64. The van der Waals surface area contributed by atoms with Gasteiger partial charge in [-0.2, -0.15) is 0 Å². The molecule has 0 aromatic carbocycles. The Labute approximate surface area is 150 Å². The number of rotatable bonds is 2. The molecule has 1 N–H and O–H groups in total. The van der Waals surface area contributed by atoms with Crippen LogP contribution < -0.4 is 0 Å². The van der Waals surface area contributed by atoms with Gasteiger partial charge in [-0.25, -0.2) is 4.79 Å². The van der Waals surface area contributed by atoms with Crippen molar-refractivity contribution in [2.24, 2.45) is 34.0 Å². The lowest BCUT2D eigenvalue weighted by Crippen LogP contribution is -2.58. The van der Waals surface area contributed by atoms with Crippen LogP contribution in [-0.4, -0.2) is 24.2 Å². The predicted molar refractivity (Wildman–Crippen MR) is 93.8 cm³/mol. The maximum Gasteiger partial charge on any atom is 0.331 e. The van der Waals surface area contributed by atoms with E-state index in [9.17, 15) is 14.7 Å². The molecule has 0 aliphatic heterocycles. The van der Waals surface area contributed by atoms with Gasteiger partial charge in [-0.1, -0.05) is 19.4 Å². The Kier molecular flexibility index (Phi) is 3.66. The van der Waals surface area contributed by atoms with Crippen LogP contribution in [0.25, 0.3) is 0 Å². The molecule has 0 radical (unpaired) electrons. The van der Waals surface area contributed by atoms with E-state index in [0.29, 0.717) is 17.4 Å². The summed E-state index contributed by atoms with van der Waals surface area (Å²) in [6, 6.07) is 0. The molecule has 0 heterocycles. The third kappa shape index (κ3) is 2.12. The molecule has 0 aromatic rings. The standard InChI is InChI=1S/C21H30O4/c1-19-8-4-9-20(2,18(24)25-3)15(19)7-10-21-11-13(5-6-16(19)21)14(12-21)17(22)23/h12-13,15-16H,4-11H2,1-3H3,(H,22,23)/t13-,15+,16+,19-,20-,21+/m1/s1. The molecule has 4 aliphatic carbocycles. The van der Waals surface area contributed by atoms with Crippen LogP contribution in [-0.2, 0) is 14.3 Å². The summed E-state index contributed by atoms with van der Waals surface area (Å²) in [4.78, 5) is 24.3. The van der Waals surface area contributed by atoms with Crippen molar-refractivity contribution in [3.8, 4) is 0 Å². The zero-order valence-corrected chi connectivity index (χ0v) is 15.6. The minimum atomic E-state index is -0.724. The first-order valence-electron chi connectivity index (χ1n) is 9.81. The van der Waals surface area contributed by atoms with E-state index in [-0.39, 0.29) is 22.7 Å². The van der Waals surface area contributed by atoms with Crippen molar-refractivity contribution in [2.45, 2.75) is 65.2 Å². The zero-order valence-electron chi connectivity index (χ0n) is 15.6. The molecule has 3 fully saturated rings. The first-order valence-corrected chi connectivity index (χ1v) is 9.81. The van der Waals surface area contributed by atoms with E-state index in [1.165, 1.54) is 7.11 Å². The molecule has 4 nitrogen and oxygen atoms in total. The second-order valence-corrected chi connectivity index (χ2v) is 9.53. The highest BCUT2D eigenvalue weighted by molar-refractivity contribution is 5.88. The van der Waals surface area contributed by atoms with Gasteiger partial charge in [0.1, 0.15) is 0 Å². The third-order valence-corrected chi connectivity index (χ3v) is 8.58. The van der Waals surface area contributed by atoms with Crippen LogP contribution in [0.3, 0.4) is 0 Å². The number of carboxylic acids is 1. The van der Waals surface area contributed by atoms with Crippen LogP contribution in [0, 0.1) is 34.0 Å². The quantitative estimate of drug-likeness (QED) is 0.761. The summed E-state index contributed by atoms with van der Waals surface area (Å²) in [6.45, 7) is 4.49. The van der Waals surface area contributed by atoms with E-state index in [4.69, 9.17) is 4.74 Å². The van der Waals surface area contributed by atoms with Gasteiger partial charge in [0.25, 0.3) is 0 Å². The number of carbonyl (C=O) groups is 2. The first-order chi connectivity index (χ1) is 11.8. The lowest BCUT2D eigenvalue weighted by molar-refractivity contribution is -0.180. The summed E-state index contributed by atoms with van der Waals surface area (Å²) in [5.41, 5.74) is 0.430. The number of esters is 1. The highest BCUT2D eigenvalue weighted by Crippen LogP contribution is 2.70. The van der Waals surface area contributed by atoms with Crippen molar-refractivity contribution in [3.63, 3.8) is 0 Å². The summed E-state index contributed by atoms with van der Waals surface area (Å²) in [6.07, 6.45) is 10.4. The molecule has 1 spiro atoms. The summed E-state index contributed by atoms with van der Waals surface area (Å²) in [5, 5.41) is 9.60. The number of carbonyl (C=O) groups excluding carboxylic acids is 1. The Hall–Kier alpha value is -1.32. The van der Waals surface area contributed by atoms with Crippen molar-refractivity contribution in [3.05, 3.63) is 11.6 Å². The lowest BCUT2D eigenvalue weighted by atomic mass is 9.41.